The molecule has 0 spiro atoms. The van der Waals surface area contributed by atoms with E-state index in [1.807, 2.05) is 0 Å². The van der Waals surface area contributed by atoms with Crippen LogP contribution in [-0.2, 0) is 4.43 Å². The molecule has 0 radical (unpaired) electrons. The fourth-order valence-electron chi connectivity index (χ4n) is 2.35. The molecule has 1 atom stereocenters. The molecule has 0 aromatic carbocycles. The zero-order chi connectivity index (χ0) is 8.39. The second-order valence-electron chi connectivity index (χ2n) is 4.50. The Morgan fingerprint density at radius 1 is 1.17 bits per heavy atom. The van der Waals surface area contributed by atoms with Crippen LogP contribution in [0.2, 0.25) is 0 Å². The summed E-state index contributed by atoms with van der Waals surface area (Å²) < 4.78 is 5.70. The van der Waals surface area contributed by atoms with Gasteiger partial charge >= 0.3 is 0 Å². The predicted octanol–water partition coefficient (Wildman–Crippen LogP) is 1.64. The smallest absolute Gasteiger partial charge is 0.146 e. The standard InChI is InChI=1S/C10H20OSi/c12-11-10(9-5-2-6-9)7-8-3-1-4-8/h8-10H,1-7H2,12H3. The maximum absolute atomic E-state index is 5.70. The number of hydrogen-bond donors (Lipinski definition) is 0. The topological polar surface area (TPSA) is 9.23 Å². The molecular weight excluding hydrogens is 164 g/mol. The van der Waals surface area contributed by atoms with Gasteiger partial charge in [0.15, 0.2) is 0 Å². The van der Waals surface area contributed by atoms with Crippen LogP contribution in [0.4, 0.5) is 0 Å². The highest BCUT2D eigenvalue weighted by Gasteiger charge is 2.30. The van der Waals surface area contributed by atoms with Gasteiger partial charge in [-0.05, 0) is 31.1 Å². The first kappa shape index (κ1) is 8.76. The van der Waals surface area contributed by atoms with E-state index in [2.05, 4.69) is 0 Å². The van der Waals surface area contributed by atoms with E-state index < -0.39 is 0 Å². The molecule has 0 aliphatic heterocycles. The lowest BCUT2D eigenvalue weighted by atomic mass is 9.74. The van der Waals surface area contributed by atoms with Crippen LogP contribution in [0.5, 0.6) is 0 Å². The van der Waals surface area contributed by atoms with Gasteiger partial charge in [0.25, 0.3) is 0 Å². The second-order valence-corrected chi connectivity index (χ2v) is 4.97. The summed E-state index contributed by atoms with van der Waals surface area (Å²) in [6, 6.07) is 0. The van der Waals surface area contributed by atoms with Crippen LogP contribution in [-0.4, -0.2) is 16.6 Å². The highest BCUT2D eigenvalue weighted by Crippen LogP contribution is 2.38. The van der Waals surface area contributed by atoms with Crippen LogP contribution < -0.4 is 0 Å². The maximum atomic E-state index is 5.70. The van der Waals surface area contributed by atoms with Crippen molar-refractivity contribution in [2.45, 2.75) is 51.0 Å². The van der Waals surface area contributed by atoms with Crippen LogP contribution in [0.1, 0.15) is 44.9 Å². The molecule has 2 rings (SSSR count). The largest absolute Gasteiger partial charge is 0.425 e. The SMILES string of the molecule is [SiH3]OC(CC1CCC1)C1CCC1. The van der Waals surface area contributed by atoms with Crippen LogP contribution in [0.3, 0.4) is 0 Å². The maximum Gasteiger partial charge on any atom is 0.146 e. The molecule has 1 unspecified atom stereocenters. The molecule has 12 heavy (non-hydrogen) atoms. The molecule has 2 heteroatoms. The van der Waals surface area contributed by atoms with Crippen LogP contribution in [0.15, 0.2) is 0 Å². The molecule has 0 amide bonds. The van der Waals surface area contributed by atoms with E-state index in [1.54, 1.807) is 0 Å². The van der Waals surface area contributed by atoms with E-state index in [0.717, 1.165) is 22.3 Å². The molecule has 0 N–H and O–H groups in total. The summed E-state index contributed by atoms with van der Waals surface area (Å²) in [6.45, 7) is 0. The van der Waals surface area contributed by atoms with Gasteiger partial charge in [0.05, 0.1) is 0 Å². The third-order valence-corrected chi connectivity index (χ3v) is 4.37. The Bertz CT molecular complexity index is 141. The van der Waals surface area contributed by atoms with Gasteiger partial charge in [-0.25, -0.2) is 0 Å². The summed E-state index contributed by atoms with van der Waals surface area (Å²) in [6.07, 6.45) is 10.8. The Morgan fingerprint density at radius 2 is 1.83 bits per heavy atom. The van der Waals surface area contributed by atoms with Crippen LogP contribution in [0.25, 0.3) is 0 Å². The molecule has 0 heterocycles. The normalized spacial score (nSPS) is 28.0. The quantitative estimate of drug-likeness (QED) is 0.604. The molecule has 2 saturated carbocycles. The first-order valence-corrected chi connectivity index (χ1v) is 6.24. The average Bonchev–Trinajstić information content (AvgIpc) is 1.89. The molecular formula is C10H20OSi. The molecule has 2 aliphatic rings. The Labute approximate surface area is 78.4 Å². The van der Waals surface area contributed by atoms with E-state index >= 15 is 0 Å². The van der Waals surface area contributed by atoms with Gasteiger partial charge in [-0.2, -0.15) is 0 Å². The fraction of sp³-hybridized carbons (Fsp3) is 1.00. The molecule has 0 aromatic heterocycles. The van der Waals surface area contributed by atoms with E-state index in [0.29, 0.717) is 6.10 Å². The van der Waals surface area contributed by atoms with Gasteiger partial charge in [-0.15, -0.1) is 0 Å². The summed E-state index contributed by atoms with van der Waals surface area (Å²) in [7, 11) is 0.941. The monoisotopic (exact) mass is 184 g/mol. The van der Waals surface area contributed by atoms with E-state index in [4.69, 9.17) is 4.43 Å². The Hall–Kier alpha value is 0.177. The van der Waals surface area contributed by atoms with Crippen LogP contribution in [0, 0.1) is 11.8 Å². The molecule has 0 bridgehead atoms. The second kappa shape index (κ2) is 3.92. The lowest BCUT2D eigenvalue weighted by Crippen LogP contribution is -2.32. The fourth-order valence-corrected chi connectivity index (χ4v) is 2.93. The van der Waals surface area contributed by atoms with E-state index in [9.17, 15) is 0 Å². The molecule has 0 saturated heterocycles. The summed E-state index contributed by atoms with van der Waals surface area (Å²) >= 11 is 0. The molecule has 0 aromatic rings. The Kier molecular flexibility index (Phi) is 2.86. The Morgan fingerprint density at radius 3 is 2.17 bits per heavy atom. The molecule has 1 nitrogen and oxygen atoms in total. The lowest BCUT2D eigenvalue weighted by Gasteiger charge is -2.37. The highest BCUT2D eigenvalue weighted by atomic mass is 28.2. The van der Waals surface area contributed by atoms with Crippen molar-refractivity contribution in [1.29, 1.82) is 0 Å². The molecule has 70 valence electrons. The van der Waals surface area contributed by atoms with Crippen molar-refractivity contribution < 1.29 is 4.43 Å². The predicted molar refractivity (Wildman–Crippen MR) is 54.1 cm³/mol. The van der Waals surface area contributed by atoms with Crippen molar-refractivity contribution in [3.8, 4) is 0 Å². The zero-order valence-corrected chi connectivity index (χ0v) is 10.1. The van der Waals surface area contributed by atoms with Gasteiger partial charge < -0.3 is 4.43 Å². The Balaban J connectivity index is 1.73. The first-order chi connectivity index (χ1) is 5.90. The summed E-state index contributed by atoms with van der Waals surface area (Å²) in [5, 5.41) is 0. The summed E-state index contributed by atoms with van der Waals surface area (Å²) in [4.78, 5) is 0. The lowest BCUT2D eigenvalue weighted by molar-refractivity contribution is 0.0571. The number of rotatable bonds is 4. The van der Waals surface area contributed by atoms with Crippen LogP contribution >= 0.6 is 0 Å². The van der Waals surface area contributed by atoms with E-state index in [-0.39, 0.29) is 0 Å². The van der Waals surface area contributed by atoms with E-state index in [1.165, 1.54) is 44.9 Å². The van der Waals surface area contributed by atoms with Gasteiger partial charge in [0.1, 0.15) is 10.5 Å². The van der Waals surface area contributed by atoms with Crippen molar-refractivity contribution >= 4 is 10.5 Å². The highest BCUT2D eigenvalue weighted by molar-refractivity contribution is 5.98. The minimum Gasteiger partial charge on any atom is -0.425 e. The first-order valence-electron chi connectivity index (χ1n) is 5.43. The third-order valence-electron chi connectivity index (χ3n) is 3.77. The number of hydrogen-bond acceptors (Lipinski definition) is 1. The zero-order valence-electron chi connectivity index (χ0n) is 8.09. The summed E-state index contributed by atoms with van der Waals surface area (Å²) in [5.74, 6) is 1.98. The van der Waals surface area contributed by atoms with Gasteiger partial charge in [0, 0.05) is 6.10 Å². The van der Waals surface area contributed by atoms with Gasteiger partial charge in [0.2, 0.25) is 0 Å². The minimum absolute atomic E-state index is 0.663. The summed E-state index contributed by atoms with van der Waals surface area (Å²) in [5.41, 5.74) is 0. The minimum atomic E-state index is 0.663. The van der Waals surface area contributed by atoms with Gasteiger partial charge in [-0.1, -0.05) is 25.7 Å². The van der Waals surface area contributed by atoms with Crippen molar-refractivity contribution in [2.24, 2.45) is 11.8 Å². The van der Waals surface area contributed by atoms with Crippen molar-refractivity contribution in [2.75, 3.05) is 0 Å². The molecule has 2 fully saturated rings. The average molecular weight is 184 g/mol. The third kappa shape index (κ3) is 1.74. The van der Waals surface area contributed by atoms with Crippen molar-refractivity contribution in [3.63, 3.8) is 0 Å². The van der Waals surface area contributed by atoms with Gasteiger partial charge in [-0.3, -0.25) is 0 Å². The molecule has 2 aliphatic carbocycles. The van der Waals surface area contributed by atoms with Crippen molar-refractivity contribution in [3.05, 3.63) is 0 Å². The van der Waals surface area contributed by atoms with Crippen molar-refractivity contribution in [1.82, 2.24) is 0 Å².